The van der Waals surface area contributed by atoms with Crippen molar-refractivity contribution in [2.75, 3.05) is 12.0 Å². The van der Waals surface area contributed by atoms with Crippen molar-refractivity contribution in [2.24, 2.45) is 5.41 Å². The first-order valence-corrected chi connectivity index (χ1v) is 17.2. The minimum atomic E-state index is -0.676. The van der Waals surface area contributed by atoms with Crippen molar-refractivity contribution in [3.05, 3.63) is 142 Å². The molecule has 1 atom stereocenters. The SMILES string of the molecule is COc1ccc2[nH]cc(CCn3c4c(c(C5C(=O)N(Cc6ccccc6)c6ccc(Cl)cc65)c3-c3ccccc3)C(=O)CC(C)(C)C4)c2c1. The molecule has 0 bridgehead atoms. The van der Waals surface area contributed by atoms with Crippen LogP contribution < -0.4 is 9.64 Å². The number of ether oxygens (including phenoxy) is 1. The lowest BCUT2D eigenvalue weighted by Gasteiger charge is -2.30. The quantitative estimate of drug-likeness (QED) is 0.176. The fraction of sp³-hybridized carbons (Fsp3) is 0.238. The van der Waals surface area contributed by atoms with E-state index in [-0.39, 0.29) is 17.1 Å². The van der Waals surface area contributed by atoms with Gasteiger partial charge in [-0.2, -0.15) is 0 Å². The van der Waals surface area contributed by atoms with Crippen LogP contribution in [0.3, 0.4) is 0 Å². The summed E-state index contributed by atoms with van der Waals surface area (Å²) in [7, 11) is 1.68. The zero-order valence-electron chi connectivity index (χ0n) is 27.9. The van der Waals surface area contributed by atoms with Gasteiger partial charge in [-0.05, 0) is 76.9 Å². The number of aromatic nitrogens is 2. The maximum absolute atomic E-state index is 14.9. The van der Waals surface area contributed by atoms with Crippen molar-refractivity contribution in [1.82, 2.24) is 9.55 Å². The Bertz CT molecular complexity index is 2230. The third kappa shape index (κ3) is 5.44. The number of anilines is 1. The van der Waals surface area contributed by atoms with Crippen molar-refractivity contribution in [2.45, 2.75) is 52.1 Å². The Morgan fingerprint density at radius 3 is 2.43 bits per heavy atom. The normalized spacial score (nSPS) is 16.7. The van der Waals surface area contributed by atoms with Gasteiger partial charge in [0, 0.05) is 57.6 Å². The van der Waals surface area contributed by atoms with Gasteiger partial charge < -0.3 is 19.2 Å². The van der Waals surface area contributed by atoms with E-state index in [0.717, 1.165) is 68.8 Å². The van der Waals surface area contributed by atoms with Crippen LogP contribution in [0.15, 0.2) is 103 Å². The smallest absolute Gasteiger partial charge is 0.239 e. The predicted molar refractivity (Wildman–Crippen MR) is 196 cm³/mol. The number of halogens is 1. The predicted octanol–water partition coefficient (Wildman–Crippen LogP) is 9.37. The second-order valence-electron chi connectivity index (χ2n) is 14.1. The number of amides is 1. The number of fused-ring (bicyclic) bond motifs is 3. The summed E-state index contributed by atoms with van der Waals surface area (Å²) in [5.74, 6) is 0.181. The molecule has 1 aliphatic heterocycles. The highest BCUT2D eigenvalue weighted by Gasteiger charge is 2.46. The lowest BCUT2D eigenvalue weighted by molar-refractivity contribution is -0.118. The number of hydrogen-bond donors (Lipinski definition) is 1. The fourth-order valence-corrected chi connectivity index (χ4v) is 8.18. The number of nitrogens with one attached hydrogen (secondary N) is 1. The summed E-state index contributed by atoms with van der Waals surface area (Å²) < 4.78 is 7.89. The Balaban J connectivity index is 1.34. The van der Waals surface area contributed by atoms with Gasteiger partial charge >= 0.3 is 0 Å². The summed E-state index contributed by atoms with van der Waals surface area (Å²) in [5.41, 5.74) is 9.12. The largest absolute Gasteiger partial charge is 0.497 e. The molecule has 0 spiro atoms. The van der Waals surface area contributed by atoms with E-state index in [4.69, 9.17) is 16.3 Å². The molecule has 2 aromatic heterocycles. The lowest BCUT2D eigenvalue weighted by atomic mass is 9.74. The lowest BCUT2D eigenvalue weighted by Crippen LogP contribution is -2.31. The molecule has 1 unspecified atom stereocenters. The summed E-state index contributed by atoms with van der Waals surface area (Å²) in [5, 5.41) is 1.68. The highest BCUT2D eigenvalue weighted by Crippen LogP contribution is 2.51. The van der Waals surface area contributed by atoms with Gasteiger partial charge in [-0.25, -0.2) is 0 Å². The van der Waals surface area contributed by atoms with Crippen molar-refractivity contribution >= 4 is 39.9 Å². The third-order valence-corrected chi connectivity index (χ3v) is 10.4. The zero-order valence-corrected chi connectivity index (χ0v) is 28.7. The van der Waals surface area contributed by atoms with Crippen LogP contribution in [0.4, 0.5) is 5.69 Å². The highest BCUT2D eigenvalue weighted by molar-refractivity contribution is 6.31. The Morgan fingerprint density at radius 2 is 1.67 bits per heavy atom. The van der Waals surface area contributed by atoms with E-state index in [9.17, 15) is 9.59 Å². The van der Waals surface area contributed by atoms with Gasteiger partial charge in [0.2, 0.25) is 5.91 Å². The first kappa shape index (κ1) is 31.2. The first-order chi connectivity index (χ1) is 23.7. The summed E-state index contributed by atoms with van der Waals surface area (Å²) in [6.45, 7) is 5.39. The molecule has 7 heteroatoms. The Labute approximate surface area is 291 Å². The molecule has 0 fully saturated rings. The summed E-state index contributed by atoms with van der Waals surface area (Å²) in [6, 6.07) is 32.0. The van der Waals surface area contributed by atoms with Crippen LogP contribution in [0, 0.1) is 5.41 Å². The number of ketones is 1. The fourth-order valence-electron chi connectivity index (χ4n) is 8.00. The van der Waals surface area contributed by atoms with Gasteiger partial charge in [-0.1, -0.05) is 86.1 Å². The number of hydrogen-bond acceptors (Lipinski definition) is 3. The van der Waals surface area contributed by atoms with Gasteiger partial charge in [0.25, 0.3) is 0 Å². The molecule has 6 aromatic rings. The van der Waals surface area contributed by atoms with E-state index in [2.05, 4.69) is 47.8 Å². The minimum absolute atomic E-state index is 0.0420. The second kappa shape index (κ2) is 12.1. The van der Waals surface area contributed by atoms with Gasteiger partial charge in [0.1, 0.15) is 5.75 Å². The second-order valence-corrected chi connectivity index (χ2v) is 14.5. The zero-order chi connectivity index (χ0) is 33.9. The number of methoxy groups -OCH3 is 1. The number of aromatic amines is 1. The Morgan fingerprint density at radius 1 is 0.918 bits per heavy atom. The molecule has 3 heterocycles. The van der Waals surface area contributed by atoms with Crippen LogP contribution in [-0.4, -0.2) is 28.4 Å². The van der Waals surface area contributed by atoms with E-state index >= 15 is 0 Å². The van der Waals surface area contributed by atoms with Crippen LogP contribution >= 0.6 is 11.6 Å². The standard InChI is InChI=1S/C42H38ClN3O3/c1-42(2)22-35-38(36(47)23-42)39(37-32-20-29(43)14-17-34(32)46(41(37)48)25-26-10-6-4-7-11-26)40(27-12-8-5-9-13-27)45(35)19-18-28-24-44-33-16-15-30(49-3)21-31(28)33/h4-17,20-21,24,37,44H,18-19,22-23,25H2,1-3H3. The average molecular weight is 668 g/mol. The van der Waals surface area contributed by atoms with Crippen molar-refractivity contribution in [3.8, 4) is 17.0 Å². The van der Waals surface area contributed by atoms with Crippen LogP contribution in [0.25, 0.3) is 22.2 Å². The van der Waals surface area contributed by atoms with Crippen LogP contribution in [0.5, 0.6) is 5.75 Å². The number of rotatable bonds is 8. The summed E-state index contributed by atoms with van der Waals surface area (Å²) in [6.07, 6.45) is 3.94. The molecular weight excluding hydrogens is 630 g/mol. The molecule has 8 rings (SSSR count). The molecule has 246 valence electrons. The van der Waals surface area contributed by atoms with E-state index in [1.54, 1.807) is 7.11 Å². The molecule has 0 saturated heterocycles. The van der Waals surface area contributed by atoms with Crippen molar-refractivity contribution in [1.29, 1.82) is 0 Å². The van der Waals surface area contributed by atoms with E-state index in [0.29, 0.717) is 30.1 Å². The number of Topliss-reactive ketones (excluding diaryl/α,β-unsaturated/α-hetero) is 1. The van der Waals surface area contributed by atoms with Crippen molar-refractivity contribution in [3.63, 3.8) is 0 Å². The Hall–Kier alpha value is -5.07. The molecular formula is C42H38ClN3O3. The average Bonchev–Trinajstić information content (AvgIpc) is 3.72. The number of benzene rings is 4. The van der Waals surface area contributed by atoms with Gasteiger partial charge in [-0.15, -0.1) is 0 Å². The summed E-state index contributed by atoms with van der Waals surface area (Å²) >= 11 is 6.67. The summed E-state index contributed by atoms with van der Waals surface area (Å²) in [4.78, 5) is 34.6. The van der Waals surface area contributed by atoms with E-state index in [1.807, 2.05) is 83.8 Å². The molecule has 0 radical (unpaired) electrons. The van der Waals surface area contributed by atoms with Crippen LogP contribution in [0.2, 0.25) is 5.02 Å². The molecule has 1 aliphatic carbocycles. The third-order valence-electron chi connectivity index (χ3n) is 10.2. The molecule has 0 saturated carbocycles. The number of nitrogens with zero attached hydrogens (tertiary/aromatic N) is 2. The minimum Gasteiger partial charge on any atom is -0.497 e. The van der Waals surface area contributed by atoms with Gasteiger partial charge in [0.05, 0.1) is 25.3 Å². The monoisotopic (exact) mass is 667 g/mol. The van der Waals surface area contributed by atoms with E-state index in [1.165, 1.54) is 5.56 Å². The number of carbonyl (C=O) groups is 2. The van der Waals surface area contributed by atoms with Gasteiger partial charge in [0.15, 0.2) is 5.78 Å². The van der Waals surface area contributed by atoms with Crippen LogP contribution in [-0.2, 0) is 30.7 Å². The van der Waals surface area contributed by atoms with Gasteiger partial charge in [-0.3, -0.25) is 9.59 Å². The molecule has 49 heavy (non-hydrogen) atoms. The van der Waals surface area contributed by atoms with Crippen molar-refractivity contribution < 1.29 is 14.3 Å². The number of H-pyrrole nitrogens is 1. The molecule has 2 aliphatic rings. The Kier molecular flexibility index (Phi) is 7.72. The topological polar surface area (TPSA) is 67.3 Å². The highest BCUT2D eigenvalue weighted by atomic mass is 35.5. The number of carbonyl (C=O) groups excluding carboxylic acids is 2. The van der Waals surface area contributed by atoms with Crippen LogP contribution in [0.1, 0.15) is 64.5 Å². The number of aryl methyl sites for hydroxylation is 1. The molecule has 4 aromatic carbocycles. The maximum atomic E-state index is 14.9. The van der Waals surface area contributed by atoms with E-state index < -0.39 is 5.92 Å². The maximum Gasteiger partial charge on any atom is 0.239 e. The molecule has 1 amide bonds. The first-order valence-electron chi connectivity index (χ1n) is 16.8. The molecule has 1 N–H and O–H groups in total. The molecule has 6 nitrogen and oxygen atoms in total.